The van der Waals surface area contributed by atoms with Crippen molar-refractivity contribution < 1.29 is 40.8 Å². The highest BCUT2D eigenvalue weighted by Crippen LogP contribution is 2.35. The smallest absolute Gasteiger partial charge is 0.454 e. The Morgan fingerprint density at radius 3 is 2.60 bits per heavy atom. The normalized spacial score (nSPS) is 34.6. The Morgan fingerprint density at radius 1 is 1.35 bits per heavy atom. The third-order valence-corrected chi connectivity index (χ3v) is 4.26. The Hall–Kier alpha value is -0.840. The maximum absolute atomic E-state index is 13.1. The zero-order valence-electron chi connectivity index (χ0n) is 10.5. The van der Waals surface area contributed by atoms with Gasteiger partial charge in [0.25, 0.3) is 0 Å². The van der Waals surface area contributed by atoms with Crippen LogP contribution in [0.5, 0.6) is 0 Å². The molecule has 7 nitrogen and oxygen atoms in total. The van der Waals surface area contributed by atoms with Crippen LogP contribution in [0.3, 0.4) is 0 Å². The molecule has 2 fully saturated rings. The molecule has 1 aliphatic heterocycles. The molecule has 0 radical (unpaired) electrons. The number of rotatable bonds is 3. The lowest BCUT2D eigenvalue weighted by Gasteiger charge is -2.42. The van der Waals surface area contributed by atoms with Crippen molar-refractivity contribution in [2.24, 2.45) is 5.92 Å². The van der Waals surface area contributed by atoms with Crippen molar-refractivity contribution in [2.45, 2.75) is 43.3 Å². The van der Waals surface area contributed by atoms with Gasteiger partial charge in [-0.1, -0.05) is 6.92 Å². The number of halogens is 2. The van der Waals surface area contributed by atoms with Gasteiger partial charge in [0, 0.05) is 6.42 Å². The lowest BCUT2D eigenvalue weighted by Crippen LogP contribution is -2.52. The van der Waals surface area contributed by atoms with E-state index in [-0.39, 0.29) is 18.8 Å². The number of hydrogen-bond acceptors (Lipinski definition) is 6. The molecule has 0 aromatic heterocycles. The first-order valence-corrected chi connectivity index (χ1v) is 7.36. The molecule has 20 heavy (non-hydrogen) atoms. The van der Waals surface area contributed by atoms with Crippen LogP contribution in [0.1, 0.15) is 19.8 Å². The Morgan fingerprint density at radius 2 is 2.00 bits per heavy atom. The van der Waals surface area contributed by atoms with Crippen LogP contribution in [0.4, 0.5) is 8.78 Å². The Kier molecular flexibility index (Phi) is 4.02. The van der Waals surface area contributed by atoms with Crippen LogP contribution in [0, 0.1) is 5.92 Å². The molecular weight excluding hydrogens is 302 g/mol. The van der Waals surface area contributed by atoms with Crippen molar-refractivity contribution in [3.05, 3.63) is 0 Å². The maximum Gasteiger partial charge on any atom is 0.465 e. The van der Waals surface area contributed by atoms with Crippen LogP contribution < -0.4 is 0 Å². The van der Waals surface area contributed by atoms with Gasteiger partial charge in [-0.05, 0) is 12.3 Å². The monoisotopic (exact) mass is 316 g/mol. The molecule has 2 aliphatic rings. The van der Waals surface area contributed by atoms with Crippen molar-refractivity contribution in [1.82, 2.24) is 0 Å². The van der Waals surface area contributed by atoms with E-state index in [2.05, 4.69) is 4.74 Å². The van der Waals surface area contributed by atoms with Crippen LogP contribution in [0.15, 0.2) is 0 Å². The predicted molar refractivity (Wildman–Crippen MR) is 59.4 cm³/mol. The average molecular weight is 316 g/mol. The predicted octanol–water partition coefficient (Wildman–Crippen LogP) is 0.550. The van der Waals surface area contributed by atoms with E-state index in [1.165, 1.54) is 0 Å². The summed E-state index contributed by atoms with van der Waals surface area (Å²) in [7, 11) is -5.86. The highest BCUT2D eigenvalue weighted by molar-refractivity contribution is 7.87. The largest absolute Gasteiger partial charge is 0.465 e. The Balaban J connectivity index is 2.11. The van der Waals surface area contributed by atoms with Gasteiger partial charge in [0.05, 0.1) is 6.10 Å². The van der Waals surface area contributed by atoms with Crippen LogP contribution in [0.25, 0.3) is 0 Å². The second kappa shape index (κ2) is 5.17. The van der Waals surface area contributed by atoms with Crippen molar-refractivity contribution in [2.75, 3.05) is 6.79 Å². The topological polar surface area (TPSA) is 99.1 Å². The van der Waals surface area contributed by atoms with Gasteiger partial charge in [-0.15, -0.1) is 0 Å². The summed E-state index contributed by atoms with van der Waals surface area (Å²) in [5, 5.41) is -4.99. The summed E-state index contributed by atoms with van der Waals surface area (Å²) < 4.78 is 70.6. The van der Waals surface area contributed by atoms with Gasteiger partial charge in [-0.25, -0.2) is 4.79 Å². The Bertz CT molecular complexity index is 490. The molecule has 2 rings (SSSR count). The van der Waals surface area contributed by atoms with Gasteiger partial charge in [-0.3, -0.25) is 4.55 Å². The molecule has 1 saturated carbocycles. The minimum absolute atomic E-state index is 0.0369. The number of fused-ring (bicyclic) bond motifs is 2. The standard InChI is InChI=1S/C10H14F2O7S/c1-5-2-6-3-7(18-4-17-6)8(5)19-9(13)10(11,12)20(14,15)16/h5-8H,2-4H2,1H3,(H,14,15,16). The van der Waals surface area contributed by atoms with E-state index < -0.39 is 33.5 Å². The zero-order valence-corrected chi connectivity index (χ0v) is 11.3. The molecule has 116 valence electrons. The van der Waals surface area contributed by atoms with Crippen LogP contribution in [-0.4, -0.2) is 49.3 Å². The van der Waals surface area contributed by atoms with Crippen molar-refractivity contribution >= 4 is 16.1 Å². The molecule has 1 heterocycles. The molecule has 2 bridgehead atoms. The van der Waals surface area contributed by atoms with E-state index in [1.54, 1.807) is 6.92 Å². The summed E-state index contributed by atoms with van der Waals surface area (Å²) in [4.78, 5) is 11.3. The van der Waals surface area contributed by atoms with E-state index in [0.29, 0.717) is 12.8 Å². The molecule has 0 aromatic rings. The summed E-state index contributed by atoms with van der Waals surface area (Å²) >= 11 is 0. The first kappa shape index (κ1) is 15.5. The molecule has 10 heteroatoms. The van der Waals surface area contributed by atoms with E-state index in [0.717, 1.165) is 0 Å². The summed E-state index contributed by atoms with van der Waals surface area (Å²) in [5.74, 6) is -2.63. The van der Waals surface area contributed by atoms with Gasteiger partial charge in [0.1, 0.15) is 19.0 Å². The van der Waals surface area contributed by atoms with E-state index in [9.17, 15) is 22.0 Å². The van der Waals surface area contributed by atoms with Crippen LogP contribution in [-0.2, 0) is 29.1 Å². The molecule has 0 aromatic carbocycles. The summed E-state index contributed by atoms with van der Waals surface area (Å²) in [6, 6.07) is 0. The number of esters is 1. The molecule has 0 spiro atoms. The van der Waals surface area contributed by atoms with Crippen molar-refractivity contribution in [3.8, 4) is 0 Å². The average Bonchev–Trinajstić information content (AvgIpc) is 2.32. The fourth-order valence-corrected chi connectivity index (χ4v) is 2.67. The SMILES string of the molecule is CC1CC2CC(OCO2)C1OC(=O)C(F)(F)S(=O)(=O)O. The molecule has 4 unspecified atom stereocenters. The highest BCUT2D eigenvalue weighted by atomic mass is 32.2. The third kappa shape index (κ3) is 2.78. The summed E-state index contributed by atoms with van der Waals surface area (Å²) in [5.41, 5.74) is 0. The number of hydrogen-bond donors (Lipinski definition) is 1. The lowest BCUT2D eigenvalue weighted by molar-refractivity contribution is -0.244. The van der Waals surface area contributed by atoms with Gasteiger partial charge < -0.3 is 14.2 Å². The van der Waals surface area contributed by atoms with Crippen LogP contribution >= 0.6 is 0 Å². The van der Waals surface area contributed by atoms with Crippen molar-refractivity contribution in [3.63, 3.8) is 0 Å². The molecule has 1 saturated heterocycles. The van der Waals surface area contributed by atoms with Crippen LogP contribution in [0.2, 0.25) is 0 Å². The molecule has 1 N–H and O–H groups in total. The van der Waals surface area contributed by atoms with Gasteiger partial charge >= 0.3 is 21.3 Å². The fraction of sp³-hybridized carbons (Fsp3) is 0.900. The quantitative estimate of drug-likeness (QED) is 0.599. The number of ether oxygens (including phenoxy) is 3. The lowest BCUT2D eigenvalue weighted by atomic mass is 9.83. The zero-order chi connectivity index (χ0) is 15.1. The minimum atomic E-state index is -5.86. The Labute approximate surface area is 113 Å². The van der Waals surface area contributed by atoms with E-state index in [4.69, 9.17) is 14.0 Å². The first-order valence-electron chi connectivity index (χ1n) is 5.92. The highest BCUT2D eigenvalue weighted by Gasteiger charge is 2.56. The van der Waals surface area contributed by atoms with Gasteiger partial charge in [0.2, 0.25) is 0 Å². The molecule has 0 amide bonds. The molecule has 4 atom stereocenters. The summed E-state index contributed by atoms with van der Waals surface area (Å²) in [6.07, 6.45) is -0.871. The van der Waals surface area contributed by atoms with E-state index in [1.807, 2.05) is 0 Å². The third-order valence-electron chi connectivity index (χ3n) is 3.45. The van der Waals surface area contributed by atoms with Gasteiger partial charge in [0.15, 0.2) is 0 Å². The van der Waals surface area contributed by atoms with E-state index >= 15 is 0 Å². The fourth-order valence-electron chi connectivity index (χ4n) is 2.42. The van der Waals surface area contributed by atoms with Gasteiger partial charge in [-0.2, -0.15) is 17.2 Å². The second-order valence-corrected chi connectivity index (χ2v) is 6.38. The maximum atomic E-state index is 13.1. The number of carbonyl (C=O) groups is 1. The number of alkyl halides is 2. The van der Waals surface area contributed by atoms with Crippen molar-refractivity contribution in [1.29, 1.82) is 0 Å². The molecular formula is C10H14F2O7S. The second-order valence-electron chi connectivity index (χ2n) is 4.92. The first-order chi connectivity index (χ1) is 9.13. The number of carbonyl (C=O) groups excluding carboxylic acids is 1. The molecule has 1 aliphatic carbocycles. The minimum Gasteiger partial charge on any atom is -0.454 e. The summed E-state index contributed by atoms with van der Waals surface area (Å²) in [6.45, 7) is 1.62.